The first kappa shape index (κ1) is 19.7. The summed E-state index contributed by atoms with van der Waals surface area (Å²) in [5.74, 6) is -0.276. The highest BCUT2D eigenvalue weighted by Gasteiger charge is 2.34. The third kappa shape index (κ3) is 6.30. The summed E-state index contributed by atoms with van der Waals surface area (Å²) in [6, 6.07) is -0.621. The van der Waals surface area contributed by atoms with Crippen LogP contribution in [0.25, 0.3) is 0 Å². The van der Waals surface area contributed by atoms with E-state index in [1.165, 1.54) is 12.8 Å². The molecule has 25 heavy (non-hydrogen) atoms. The van der Waals surface area contributed by atoms with Gasteiger partial charge in [-0.05, 0) is 18.8 Å². The molecule has 2 aliphatic heterocycles. The molecule has 7 nitrogen and oxygen atoms in total. The number of carbonyl (C=O) groups excluding carboxylic acids is 3. The molecule has 142 valence electrons. The summed E-state index contributed by atoms with van der Waals surface area (Å²) < 4.78 is 5.20. The molecule has 2 aliphatic rings. The van der Waals surface area contributed by atoms with Crippen LogP contribution in [0.1, 0.15) is 46.0 Å². The molecule has 2 fully saturated rings. The molecule has 2 amide bonds. The third-order valence-corrected chi connectivity index (χ3v) is 4.68. The first-order chi connectivity index (χ1) is 12.0. The molecule has 2 saturated heterocycles. The molecule has 1 atom stereocenters. The first-order valence-electron chi connectivity index (χ1n) is 9.42. The maximum absolute atomic E-state index is 12.6. The van der Waals surface area contributed by atoms with Gasteiger partial charge in [0.05, 0.1) is 19.6 Å². The first-order valence-corrected chi connectivity index (χ1v) is 9.42. The Kier molecular flexibility index (Phi) is 7.68. The zero-order chi connectivity index (χ0) is 18.2. The Morgan fingerprint density at radius 3 is 2.48 bits per heavy atom. The van der Waals surface area contributed by atoms with Gasteiger partial charge in [-0.1, -0.05) is 26.7 Å². The zero-order valence-electron chi connectivity index (χ0n) is 15.5. The summed E-state index contributed by atoms with van der Waals surface area (Å²) in [4.78, 5) is 40.5. The highest BCUT2D eigenvalue weighted by molar-refractivity contribution is 5.88. The molecule has 1 unspecified atom stereocenters. The SMILES string of the molecule is CC(C)COC(=O)CC1C(=O)NCCN1CC(=O)N1CCCCCC1. The van der Waals surface area contributed by atoms with Crippen LogP contribution in [0.2, 0.25) is 0 Å². The predicted octanol–water partition coefficient (Wildman–Crippen LogP) is 0.779. The molecular weight excluding hydrogens is 322 g/mol. The third-order valence-electron chi connectivity index (χ3n) is 4.68. The van der Waals surface area contributed by atoms with Crippen LogP contribution in [0.5, 0.6) is 0 Å². The van der Waals surface area contributed by atoms with Crippen molar-refractivity contribution in [3.8, 4) is 0 Å². The van der Waals surface area contributed by atoms with E-state index in [4.69, 9.17) is 4.74 Å². The molecule has 1 N–H and O–H groups in total. The van der Waals surface area contributed by atoms with E-state index in [1.807, 2.05) is 23.6 Å². The van der Waals surface area contributed by atoms with E-state index >= 15 is 0 Å². The number of rotatable bonds is 6. The number of carbonyl (C=O) groups is 3. The van der Waals surface area contributed by atoms with Crippen LogP contribution < -0.4 is 5.32 Å². The molecule has 0 aromatic carbocycles. The van der Waals surface area contributed by atoms with Crippen LogP contribution in [0.4, 0.5) is 0 Å². The van der Waals surface area contributed by atoms with Gasteiger partial charge in [0.2, 0.25) is 11.8 Å². The Hall–Kier alpha value is -1.63. The van der Waals surface area contributed by atoms with Crippen molar-refractivity contribution < 1.29 is 19.1 Å². The number of likely N-dealkylation sites (tertiary alicyclic amines) is 1. The van der Waals surface area contributed by atoms with Crippen LogP contribution in [0, 0.1) is 5.92 Å². The zero-order valence-corrected chi connectivity index (χ0v) is 15.5. The van der Waals surface area contributed by atoms with Crippen LogP contribution in [-0.2, 0) is 19.1 Å². The molecular formula is C18H31N3O4. The van der Waals surface area contributed by atoms with E-state index in [1.54, 1.807) is 0 Å². The van der Waals surface area contributed by atoms with Gasteiger partial charge in [-0.15, -0.1) is 0 Å². The van der Waals surface area contributed by atoms with Gasteiger partial charge in [-0.3, -0.25) is 19.3 Å². The molecule has 0 aromatic heterocycles. The van der Waals surface area contributed by atoms with Crippen molar-refractivity contribution in [1.82, 2.24) is 15.1 Å². The summed E-state index contributed by atoms with van der Waals surface area (Å²) in [7, 11) is 0. The Balaban J connectivity index is 1.92. The summed E-state index contributed by atoms with van der Waals surface area (Å²) in [5, 5.41) is 2.78. The van der Waals surface area contributed by atoms with E-state index in [0.717, 1.165) is 25.9 Å². The van der Waals surface area contributed by atoms with Crippen LogP contribution in [0.15, 0.2) is 0 Å². The van der Waals surface area contributed by atoms with Gasteiger partial charge in [0.1, 0.15) is 6.04 Å². The van der Waals surface area contributed by atoms with Crippen molar-refractivity contribution in [2.75, 3.05) is 39.3 Å². The smallest absolute Gasteiger partial charge is 0.307 e. The van der Waals surface area contributed by atoms with E-state index in [2.05, 4.69) is 5.32 Å². The predicted molar refractivity (Wildman–Crippen MR) is 93.8 cm³/mol. The van der Waals surface area contributed by atoms with E-state index in [0.29, 0.717) is 19.7 Å². The Labute approximate surface area is 150 Å². The van der Waals surface area contributed by atoms with Gasteiger partial charge >= 0.3 is 5.97 Å². The largest absolute Gasteiger partial charge is 0.465 e. The fraction of sp³-hybridized carbons (Fsp3) is 0.833. The lowest BCUT2D eigenvalue weighted by atomic mass is 10.1. The second kappa shape index (κ2) is 9.75. The molecule has 0 radical (unpaired) electrons. The van der Waals surface area contributed by atoms with Crippen molar-refractivity contribution in [1.29, 1.82) is 0 Å². The topological polar surface area (TPSA) is 79.0 Å². The van der Waals surface area contributed by atoms with Crippen molar-refractivity contribution in [3.05, 3.63) is 0 Å². The summed E-state index contributed by atoms with van der Waals surface area (Å²) in [6.07, 6.45) is 4.40. The Morgan fingerprint density at radius 1 is 1.16 bits per heavy atom. The normalized spacial score (nSPS) is 22.4. The monoisotopic (exact) mass is 353 g/mol. The van der Waals surface area contributed by atoms with E-state index < -0.39 is 6.04 Å². The highest BCUT2D eigenvalue weighted by Crippen LogP contribution is 2.14. The highest BCUT2D eigenvalue weighted by atomic mass is 16.5. The fourth-order valence-electron chi connectivity index (χ4n) is 3.24. The van der Waals surface area contributed by atoms with Gasteiger partial charge in [-0.2, -0.15) is 0 Å². The number of hydrogen-bond donors (Lipinski definition) is 1. The number of esters is 1. The lowest BCUT2D eigenvalue weighted by molar-refractivity contribution is -0.150. The maximum Gasteiger partial charge on any atom is 0.307 e. The number of piperazine rings is 1. The minimum Gasteiger partial charge on any atom is -0.465 e. The van der Waals surface area contributed by atoms with Gasteiger partial charge in [0.15, 0.2) is 0 Å². The van der Waals surface area contributed by atoms with Crippen molar-refractivity contribution in [3.63, 3.8) is 0 Å². The lowest BCUT2D eigenvalue weighted by Crippen LogP contribution is -2.58. The van der Waals surface area contributed by atoms with E-state index in [9.17, 15) is 14.4 Å². The molecule has 0 aliphatic carbocycles. The molecule has 2 heterocycles. The van der Waals surface area contributed by atoms with Gasteiger partial charge in [0, 0.05) is 26.2 Å². The second-order valence-electron chi connectivity index (χ2n) is 7.35. The van der Waals surface area contributed by atoms with Gasteiger partial charge in [-0.25, -0.2) is 0 Å². The van der Waals surface area contributed by atoms with Crippen molar-refractivity contribution >= 4 is 17.8 Å². The van der Waals surface area contributed by atoms with Crippen LogP contribution >= 0.6 is 0 Å². The van der Waals surface area contributed by atoms with E-state index in [-0.39, 0.29) is 36.7 Å². The average molecular weight is 353 g/mol. The number of hydrogen-bond acceptors (Lipinski definition) is 5. The molecule has 7 heteroatoms. The second-order valence-corrected chi connectivity index (χ2v) is 7.35. The number of nitrogens with zero attached hydrogens (tertiary/aromatic N) is 2. The molecule has 0 spiro atoms. The summed E-state index contributed by atoms with van der Waals surface area (Å²) >= 11 is 0. The quantitative estimate of drug-likeness (QED) is 0.714. The Bertz CT molecular complexity index is 473. The van der Waals surface area contributed by atoms with Crippen molar-refractivity contribution in [2.45, 2.75) is 52.0 Å². The van der Waals surface area contributed by atoms with Gasteiger partial charge in [0.25, 0.3) is 0 Å². The minimum absolute atomic E-state index is 0.00810. The fourth-order valence-corrected chi connectivity index (χ4v) is 3.24. The Morgan fingerprint density at radius 2 is 1.84 bits per heavy atom. The number of ether oxygens (including phenoxy) is 1. The van der Waals surface area contributed by atoms with Crippen LogP contribution in [-0.4, -0.2) is 73.0 Å². The number of amides is 2. The van der Waals surface area contributed by atoms with Crippen molar-refractivity contribution in [2.24, 2.45) is 5.92 Å². The van der Waals surface area contributed by atoms with Crippen LogP contribution in [0.3, 0.4) is 0 Å². The molecule has 0 aromatic rings. The molecule has 2 rings (SSSR count). The molecule has 0 saturated carbocycles. The lowest BCUT2D eigenvalue weighted by Gasteiger charge is -2.35. The standard InChI is InChI=1S/C18H31N3O4/c1-14(2)13-25-17(23)11-15-18(24)19-7-10-21(15)12-16(22)20-8-5-3-4-6-9-20/h14-15H,3-13H2,1-2H3,(H,19,24). The maximum atomic E-state index is 12.6. The average Bonchev–Trinajstić information content (AvgIpc) is 2.85. The molecule has 0 bridgehead atoms. The minimum atomic E-state index is -0.621. The summed E-state index contributed by atoms with van der Waals surface area (Å²) in [6.45, 7) is 7.13. The number of nitrogens with one attached hydrogen (secondary N) is 1. The summed E-state index contributed by atoms with van der Waals surface area (Å²) in [5.41, 5.74) is 0. The van der Waals surface area contributed by atoms with Gasteiger partial charge < -0.3 is 15.0 Å².